The third-order valence-electron chi connectivity index (χ3n) is 8.29. The molecule has 50 heavy (non-hydrogen) atoms. The number of hydrogen-bond donors (Lipinski definition) is 2. The molecule has 0 saturated carbocycles. The number of alkyl halides is 2. The van der Waals surface area contributed by atoms with Crippen LogP contribution in [0.4, 0.5) is 17.6 Å². The smallest absolute Gasteiger partial charge is 0.302 e. The normalized spacial score (nSPS) is 14.8. The molecule has 0 saturated heterocycles. The highest BCUT2D eigenvalue weighted by molar-refractivity contribution is 7.18. The van der Waals surface area contributed by atoms with Crippen molar-refractivity contribution in [1.82, 2.24) is 30.4 Å². The SMILES string of the molecule is C=CC(=O)N[C@H](C)c1cc(-c2nc(-c3cnc4c(c3)CN(CCOC)CC4(F)F)c3ccsc3c2-c2c(F)cc(F)cc2OCCOC)n[nH]1. The van der Waals surface area contributed by atoms with E-state index < -0.39 is 36.1 Å². The number of hydrogen-bond acceptors (Lipinski definition) is 9. The van der Waals surface area contributed by atoms with Crippen LogP contribution in [0, 0.1) is 11.6 Å². The molecular weight excluding hydrogens is 676 g/mol. The molecule has 10 nitrogen and oxygen atoms in total. The molecule has 6 rings (SSSR count). The first kappa shape index (κ1) is 35.1. The number of carbonyl (C=O) groups excluding carboxylic acids is 1. The van der Waals surface area contributed by atoms with Gasteiger partial charge in [-0.1, -0.05) is 6.58 Å². The molecule has 0 aliphatic carbocycles. The van der Waals surface area contributed by atoms with Gasteiger partial charge in [0.15, 0.2) is 0 Å². The summed E-state index contributed by atoms with van der Waals surface area (Å²) in [6.07, 6.45) is 2.51. The van der Waals surface area contributed by atoms with Gasteiger partial charge in [-0.05, 0) is 42.1 Å². The molecule has 5 heterocycles. The third kappa shape index (κ3) is 6.99. The number of halogens is 4. The summed E-state index contributed by atoms with van der Waals surface area (Å²) in [5, 5.41) is 12.5. The minimum atomic E-state index is -3.18. The predicted octanol–water partition coefficient (Wildman–Crippen LogP) is 6.64. The highest BCUT2D eigenvalue weighted by Crippen LogP contribution is 2.47. The van der Waals surface area contributed by atoms with Crippen LogP contribution in [0.15, 0.2) is 54.6 Å². The number of nitrogens with one attached hydrogen (secondary N) is 2. The molecule has 5 aromatic rings. The number of nitrogens with zero attached hydrogens (tertiary/aromatic N) is 4. The lowest BCUT2D eigenvalue weighted by atomic mass is 9.95. The Morgan fingerprint density at radius 2 is 1.94 bits per heavy atom. The molecule has 1 aliphatic rings. The zero-order valence-corrected chi connectivity index (χ0v) is 28.3. The first-order valence-electron chi connectivity index (χ1n) is 15.6. The monoisotopic (exact) mass is 710 g/mol. The van der Waals surface area contributed by atoms with Crippen molar-refractivity contribution in [3.8, 4) is 39.5 Å². The minimum Gasteiger partial charge on any atom is -0.490 e. The van der Waals surface area contributed by atoms with Crippen molar-refractivity contribution in [1.29, 1.82) is 0 Å². The van der Waals surface area contributed by atoms with Crippen molar-refractivity contribution in [3.05, 3.63) is 83.1 Å². The van der Waals surface area contributed by atoms with Gasteiger partial charge < -0.3 is 19.5 Å². The maximum Gasteiger partial charge on any atom is 0.302 e. The molecule has 0 radical (unpaired) electrons. The van der Waals surface area contributed by atoms with E-state index in [1.165, 1.54) is 31.8 Å². The van der Waals surface area contributed by atoms with E-state index in [9.17, 15) is 9.18 Å². The summed E-state index contributed by atoms with van der Waals surface area (Å²) in [5.41, 5.74) is 2.14. The standard InChI is InChI=1S/C35H34F4N6O4S/c1-5-28(46)41-19(2)25-15-26(44-43-25)32-30(29-24(37)13-22(36)14-27(29)49-10-9-48-4)33-23(6-11-50-33)31(42-32)20-12-21-17-45(7-8-47-3)18-35(38,39)34(21)40-16-20/h5-6,11-16,19H,1,7-10,17-18H2,2-4H3,(H,41,46)(H,43,44)/t19-/m1/s1. The van der Waals surface area contributed by atoms with E-state index in [4.69, 9.17) is 19.2 Å². The number of thiophene rings is 1. The molecule has 1 atom stereocenters. The topological polar surface area (TPSA) is 114 Å². The molecule has 4 aromatic heterocycles. The number of benzene rings is 1. The summed E-state index contributed by atoms with van der Waals surface area (Å²) >= 11 is 1.29. The zero-order chi connectivity index (χ0) is 35.6. The number of ether oxygens (including phenoxy) is 3. The second-order valence-electron chi connectivity index (χ2n) is 11.7. The Hall–Kier alpha value is -4.70. The maximum absolute atomic E-state index is 16.0. The number of fused-ring (bicyclic) bond motifs is 2. The fourth-order valence-electron chi connectivity index (χ4n) is 5.95. The largest absolute Gasteiger partial charge is 0.490 e. The lowest BCUT2D eigenvalue weighted by Crippen LogP contribution is -2.42. The Balaban J connectivity index is 1.57. The van der Waals surface area contributed by atoms with Crippen molar-refractivity contribution in [2.75, 3.05) is 47.1 Å². The molecule has 0 bridgehead atoms. The van der Waals surface area contributed by atoms with Gasteiger partial charge in [0.1, 0.15) is 41.1 Å². The van der Waals surface area contributed by atoms with Crippen molar-refractivity contribution in [3.63, 3.8) is 0 Å². The van der Waals surface area contributed by atoms with Crippen LogP contribution in [0.5, 0.6) is 5.75 Å². The van der Waals surface area contributed by atoms with E-state index in [-0.39, 0.29) is 53.7 Å². The summed E-state index contributed by atoms with van der Waals surface area (Å²) in [4.78, 5) is 22.9. The molecule has 15 heteroatoms. The van der Waals surface area contributed by atoms with Crippen LogP contribution in [-0.4, -0.2) is 78.1 Å². The van der Waals surface area contributed by atoms with E-state index >= 15 is 13.2 Å². The molecule has 1 amide bonds. The van der Waals surface area contributed by atoms with Crippen LogP contribution in [0.2, 0.25) is 0 Å². The summed E-state index contributed by atoms with van der Waals surface area (Å²) in [7, 11) is 3.00. The number of amides is 1. The van der Waals surface area contributed by atoms with Gasteiger partial charge in [0.25, 0.3) is 0 Å². The third-order valence-corrected chi connectivity index (χ3v) is 9.22. The first-order chi connectivity index (χ1) is 24.0. The highest BCUT2D eigenvalue weighted by Gasteiger charge is 2.42. The van der Waals surface area contributed by atoms with Crippen molar-refractivity contribution >= 4 is 27.3 Å². The Bertz CT molecular complexity index is 2050. The predicted molar refractivity (Wildman–Crippen MR) is 181 cm³/mol. The number of H-pyrrole nitrogens is 1. The lowest BCUT2D eigenvalue weighted by molar-refractivity contribution is -0.117. The number of aromatic amines is 1. The number of aromatic nitrogens is 4. The molecule has 2 N–H and O–H groups in total. The molecule has 262 valence electrons. The average Bonchev–Trinajstić information content (AvgIpc) is 3.77. The average molecular weight is 711 g/mol. The molecule has 1 aromatic carbocycles. The minimum absolute atomic E-state index is 0.0146. The zero-order valence-electron chi connectivity index (χ0n) is 27.5. The van der Waals surface area contributed by atoms with Gasteiger partial charge in [-0.2, -0.15) is 13.9 Å². The number of pyridine rings is 2. The van der Waals surface area contributed by atoms with Gasteiger partial charge in [0.05, 0.1) is 42.8 Å². The van der Waals surface area contributed by atoms with Crippen LogP contribution in [-0.2, 0) is 26.7 Å². The van der Waals surface area contributed by atoms with Crippen LogP contribution in [0.1, 0.15) is 29.9 Å². The molecule has 1 aliphatic heterocycles. The van der Waals surface area contributed by atoms with Gasteiger partial charge in [-0.25, -0.2) is 13.8 Å². The molecule has 0 unspecified atom stereocenters. The second kappa shape index (κ2) is 14.6. The fraction of sp³-hybridized carbons (Fsp3) is 0.314. The van der Waals surface area contributed by atoms with Gasteiger partial charge in [-0.3, -0.25) is 19.8 Å². The summed E-state index contributed by atoms with van der Waals surface area (Å²) in [6, 6.07) is 6.45. The quantitative estimate of drug-likeness (QED) is 0.0795. The highest BCUT2D eigenvalue weighted by atomic mass is 32.1. The number of carbonyl (C=O) groups is 1. The van der Waals surface area contributed by atoms with Crippen molar-refractivity contribution in [2.45, 2.75) is 25.4 Å². The molecular formula is C35H34F4N6O4S. The van der Waals surface area contributed by atoms with Gasteiger partial charge in [-0.15, -0.1) is 11.3 Å². The van der Waals surface area contributed by atoms with E-state index in [0.717, 1.165) is 18.2 Å². The summed E-state index contributed by atoms with van der Waals surface area (Å²) < 4.78 is 77.7. The Labute approximate surface area is 289 Å². The Morgan fingerprint density at radius 1 is 1.14 bits per heavy atom. The number of methoxy groups -OCH3 is 2. The van der Waals surface area contributed by atoms with Crippen LogP contribution >= 0.6 is 11.3 Å². The number of rotatable bonds is 13. The summed E-state index contributed by atoms with van der Waals surface area (Å²) in [5.74, 6) is -5.37. The Kier molecular flexibility index (Phi) is 10.3. The van der Waals surface area contributed by atoms with Crippen LogP contribution in [0.25, 0.3) is 43.9 Å². The van der Waals surface area contributed by atoms with E-state index in [1.807, 2.05) is 0 Å². The van der Waals surface area contributed by atoms with Gasteiger partial charge in [0.2, 0.25) is 5.91 Å². The fourth-order valence-corrected chi connectivity index (χ4v) is 6.90. The van der Waals surface area contributed by atoms with Gasteiger partial charge >= 0.3 is 5.92 Å². The van der Waals surface area contributed by atoms with E-state index in [0.29, 0.717) is 45.8 Å². The van der Waals surface area contributed by atoms with E-state index in [2.05, 4.69) is 27.1 Å². The summed E-state index contributed by atoms with van der Waals surface area (Å²) in [6.45, 7) is 5.76. The lowest BCUT2D eigenvalue weighted by Gasteiger charge is -2.33. The van der Waals surface area contributed by atoms with Crippen molar-refractivity contribution in [2.24, 2.45) is 0 Å². The van der Waals surface area contributed by atoms with Crippen LogP contribution < -0.4 is 10.1 Å². The van der Waals surface area contributed by atoms with Gasteiger partial charge in [0, 0.05) is 66.9 Å². The molecule has 0 fully saturated rings. The second-order valence-corrected chi connectivity index (χ2v) is 12.6. The van der Waals surface area contributed by atoms with Crippen LogP contribution in [0.3, 0.4) is 0 Å². The Morgan fingerprint density at radius 3 is 2.70 bits per heavy atom. The molecule has 0 spiro atoms. The first-order valence-corrected chi connectivity index (χ1v) is 16.5. The van der Waals surface area contributed by atoms with E-state index in [1.54, 1.807) is 35.4 Å². The maximum atomic E-state index is 16.0. The van der Waals surface area contributed by atoms with Crippen molar-refractivity contribution < 1.29 is 36.6 Å².